The molecular weight excluding hydrogens is 444 g/mol. The molecular formula is C24H19ClN4O4. The van der Waals surface area contributed by atoms with E-state index in [0.717, 1.165) is 5.56 Å². The summed E-state index contributed by atoms with van der Waals surface area (Å²) in [6.45, 7) is 0. The van der Waals surface area contributed by atoms with Gasteiger partial charge in [0.25, 0.3) is 5.91 Å². The van der Waals surface area contributed by atoms with Crippen LogP contribution in [0.5, 0.6) is 11.5 Å². The van der Waals surface area contributed by atoms with E-state index < -0.39 is 5.91 Å². The number of hydrazone groups is 1. The third kappa shape index (κ3) is 6.32. The molecule has 0 aromatic heterocycles. The molecule has 3 N–H and O–H groups in total. The maximum absolute atomic E-state index is 12.3. The first kappa shape index (κ1) is 23.3. The lowest BCUT2D eigenvalue weighted by molar-refractivity contribution is -0.115. The molecule has 0 heterocycles. The number of benzene rings is 3. The van der Waals surface area contributed by atoms with E-state index in [1.807, 2.05) is 6.07 Å². The second-order valence-electron chi connectivity index (χ2n) is 6.85. The predicted molar refractivity (Wildman–Crippen MR) is 125 cm³/mol. The Morgan fingerprint density at radius 1 is 1.18 bits per heavy atom. The Hall–Kier alpha value is -4.35. The van der Waals surface area contributed by atoms with Crippen molar-refractivity contribution in [2.24, 2.45) is 5.10 Å². The summed E-state index contributed by atoms with van der Waals surface area (Å²) in [4.78, 5) is 24.5. The molecule has 2 amide bonds. The van der Waals surface area contributed by atoms with Crippen LogP contribution in [0.2, 0.25) is 5.02 Å². The van der Waals surface area contributed by atoms with Gasteiger partial charge in [-0.1, -0.05) is 23.7 Å². The van der Waals surface area contributed by atoms with Crippen molar-refractivity contribution in [3.63, 3.8) is 0 Å². The van der Waals surface area contributed by atoms with Crippen LogP contribution in [0.4, 0.5) is 5.69 Å². The SMILES string of the molecule is COc1cc(NC(=O)Cc2cccc(Cl)c2)ccc1C=NNC(=O)c1ccc(O)c(C#N)c1. The van der Waals surface area contributed by atoms with Crippen molar-refractivity contribution in [3.8, 4) is 17.6 Å². The number of rotatable bonds is 7. The summed E-state index contributed by atoms with van der Waals surface area (Å²) in [5.74, 6) is -0.530. The molecule has 9 heteroatoms. The lowest BCUT2D eigenvalue weighted by Crippen LogP contribution is -2.17. The zero-order valence-corrected chi connectivity index (χ0v) is 18.3. The zero-order valence-electron chi connectivity index (χ0n) is 17.5. The van der Waals surface area contributed by atoms with E-state index in [-0.39, 0.29) is 29.2 Å². The van der Waals surface area contributed by atoms with E-state index >= 15 is 0 Å². The Morgan fingerprint density at radius 2 is 2.00 bits per heavy atom. The molecule has 0 saturated heterocycles. The van der Waals surface area contributed by atoms with Crippen molar-refractivity contribution < 1.29 is 19.4 Å². The van der Waals surface area contributed by atoms with Crippen molar-refractivity contribution in [3.05, 3.63) is 87.9 Å². The predicted octanol–water partition coefficient (Wildman–Crippen LogP) is 3.87. The van der Waals surface area contributed by atoms with Gasteiger partial charge in [0.1, 0.15) is 17.6 Å². The Morgan fingerprint density at radius 3 is 2.73 bits per heavy atom. The van der Waals surface area contributed by atoms with E-state index in [1.54, 1.807) is 42.5 Å². The first-order valence-electron chi connectivity index (χ1n) is 9.68. The summed E-state index contributed by atoms with van der Waals surface area (Å²) >= 11 is 5.95. The van der Waals surface area contributed by atoms with Gasteiger partial charge in [0, 0.05) is 27.9 Å². The molecule has 0 bridgehead atoms. The van der Waals surface area contributed by atoms with Gasteiger partial charge in [0.2, 0.25) is 5.91 Å². The first-order valence-corrected chi connectivity index (χ1v) is 10.1. The molecule has 0 aliphatic rings. The molecule has 0 unspecified atom stereocenters. The van der Waals surface area contributed by atoms with Crippen LogP contribution in [0.25, 0.3) is 0 Å². The van der Waals surface area contributed by atoms with Crippen molar-refractivity contribution in [2.45, 2.75) is 6.42 Å². The standard InChI is InChI=1S/C24H19ClN4O4/c1-33-22-12-20(28-23(31)10-15-3-2-4-19(25)9-15)7-5-17(22)14-27-29-24(32)16-6-8-21(30)18(11-16)13-26/h2-9,11-12,14,30H,10H2,1H3,(H,28,31)(H,29,32). The van der Waals surface area contributed by atoms with Crippen molar-refractivity contribution in [2.75, 3.05) is 12.4 Å². The Balaban J connectivity index is 1.64. The second-order valence-corrected chi connectivity index (χ2v) is 7.29. The number of hydrogen-bond acceptors (Lipinski definition) is 6. The molecule has 0 fully saturated rings. The van der Waals surface area contributed by atoms with E-state index in [1.165, 1.54) is 31.5 Å². The van der Waals surface area contributed by atoms with Gasteiger partial charge in [-0.15, -0.1) is 0 Å². The van der Waals surface area contributed by atoms with E-state index in [9.17, 15) is 14.7 Å². The summed E-state index contributed by atoms with van der Waals surface area (Å²) in [7, 11) is 1.47. The smallest absolute Gasteiger partial charge is 0.271 e. The van der Waals surface area contributed by atoms with Gasteiger partial charge in [-0.25, -0.2) is 5.43 Å². The molecule has 0 radical (unpaired) electrons. The Bertz CT molecular complexity index is 1270. The van der Waals surface area contributed by atoms with Crippen molar-refractivity contribution in [1.82, 2.24) is 5.43 Å². The van der Waals surface area contributed by atoms with Crippen LogP contribution in [0.15, 0.2) is 65.8 Å². The van der Waals surface area contributed by atoms with Crippen LogP contribution in [0.3, 0.4) is 0 Å². The normalized spacial score (nSPS) is 10.5. The van der Waals surface area contributed by atoms with Gasteiger partial charge in [0.15, 0.2) is 0 Å². The van der Waals surface area contributed by atoms with Crippen LogP contribution in [0.1, 0.15) is 27.0 Å². The maximum atomic E-state index is 12.3. The molecule has 3 rings (SSSR count). The number of methoxy groups -OCH3 is 1. The van der Waals surface area contributed by atoms with E-state index in [2.05, 4.69) is 15.8 Å². The number of halogens is 1. The molecule has 0 saturated carbocycles. The van der Waals surface area contributed by atoms with Crippen LogP contribution in [-0.4, -0.2) is 30.2 Å². The number of nitriles is 1. The largest absolute Gasteiger partial charge is 0.507 e. The average molecular weight is 463 g/mol. The molecule has 3 aromatic carbocycles. The molecule has 3 aromatic rings. The second kappa shape index (κ2) is 10.8. The molecule has 33 heavy (non-hydrogen) atoms. The number of ether oxygens (including phenoxy) is 1. The molecule has 0 aliphatic carbocycles. The first-order chi connectivity index (χ1) is 15.9. The molecule has 8 nitrogen and oxygen atoms in total. The number of aromatic hydroxyl groups is 1. The number of hydrogen-bond donors (Lipinski definition) is 3. The highest BCUT2D eigenvalue weighted by Crippen LogP contribution is 2.22. The molecule has 0 aliphatic heterocycles. The highest BCUT2D eigenvalue weighted by Gasteiger charge is 2.10. The fourth-order valence-corrected chi connectivity index (χ4v) is 3.14. The summed E-state index contributed by atoms with van der Waals surface area (Å²) < 4.78 is 5.35. The number of phenols is 1. The van der Waals surface area contributed by atoms with Gasteiger partial charge in [0.05, 0.1) is 25.3 Å². The minimum atomic E-state index is -0.549. The van der Waals surface area contributed by atoms with Crippen molar-refractivity contribution in [1.29, 1.82) is 5.26 Å². The van der Waals surface area contributed by atoms with Crippen LogP contribution in [0, 0.1) is 11.3 Å². The maximum Gasteiger partial charge on any atom is 0.271 e. The lowest BCUT2D eigenvalue weighted by Gasteiger charge is -2.10. The molecule has 0 spiro atoms. The van der Waals surface area contributed by atoms with E-state index in [0.29, 0.717) is 22.0 Å². The summed E-state index contributed by atoms with van der Waals surface area (Å²) in [5, 5.41) is 25.8. The summed E-state index contributed by atoms with van der Waals surface area (Å²) in [5.41, 5.74) is 4.40. The summed E-state index contributed by atoms with van der Waals surface area (Å²) in [6, 6.07) is 17.8. The van der Waals surface area contributed by atoms with Crippen molar-refractivity contribution >= 4 is 35.3 Å². The quantitative estimate of drug-likeness (QED) is 0.363. The highest BCUT2D eigenvalue weighted by molar-refractivity contribution is 6.30. The van der Waals surface area contributed by atoms with Gasteiger partial charge in [-0.3, -0.25) is 9.59 Å². The van der Waals surface area contributed by atoms with Gasteiger partial charge < -0.3 is 15.2 Å². The zero-order chi connectivity index (χ0) is 23.8. The number of anilines is 1. The van der Waals surface area contributed by atoms with Gasteiger partial charge >= 0.3 is 0 Å². The van der Waals surface area contributed by atoms with E-state index in [4.69, 9.17) is 21.6 Å². The van der Waals surface area contributed by atoms with Crippen LogP contribution in [-0.2, 0) is 11.2 Å². The monoisotopic (exact) mass is 462 g/mol. The fourth-order valence-electron chi connectivity index (χ4n) is 2.92. The Kier molecular flexibility index (Phi) is 7.63. The summed E-state index contributed by atoms with van der Waals surface area (Å²) in [6.07, 6.45) is 1.56. The van der Waals surface area contributed by atoms with Crippen LogP contribution >= 0.6 is 11.6 Å². The number of nitrogens with zero attached hydrogens (tertiary/aromatic N) is 2. The third-order valence-corrected chi connectivity index (χ3v) is 4.75. The average Bonchev–Trinajstić information content (AvgIpc) is 2.80. The molecule has 166 valence electrons. The lowest BCUT2D eigenvalue weighted by atomic mass is 10.1. The minimum absolute atomic E-state index is 0.0127. The number of nitrogens with one attached hydrogen (secondary N) is 2. The molecule has 0 atom stereocenters. The number of carbonyl (C=O) groups excluding carboxylic acids is 2. The topological polar surface area (TPSA) is 124 Å². The Labute approximate surface area is 195 Å². The number of carbonyl (C=O) groups is 2. The highest BCUT2D eigenvalue weighted by atomic mass is 35.5. The number of amides is 2. The van der Waals surface area contributed by atoms with Gasteiger partial charge in [-0.05, 0) is 48.0 Å². The minimum Gasteiger partial charge on any atom is -0.507 e. The fraction of sp³-hybridized carbons (Fsp3) is 0.0833. The third-order valence-electron chi connectivity index (χ3n) is 4.52. The number of phenolic OH excluding ortho intramolecular Hbond substituents is 1. The van der Waals surface area contributed by atoms with Crippen LogP contribution < -0.4 is 15.5 Å². The van der Waals surface area contributed by atoms with Gasteiger partial charge in [-0.2, -0.15) is 10.4 Å².